The topological polar surface area (TPSA) is 29.1 Å². The van der Waals surface area contributed by atoms with Crippen molar-refractivity contribution in [2.45, 2.75) is 45.6 Å². The average Bonchev–Trinajstić information content (AvgIpc) is 3.01. The van der Waals surface area contributed by atoms with Gasteiger partial charge in [0.2, 0.25) is 5.91 Å². The van der Waals surface area contributed by atoms with Gasteiger partial charge in [-0.3, -0.25) is 4.79 Å². The summed E-state index contributed by atoms with van der Waals surface area (Å²) in [7, 11) is 0. The van der Waals surface area contributed by atoms with E-state index in [1.54, 1.807) is 0 Å². The van der Waals surface area contributed by atoms with Crippen LogP contribution in [-0.4, -0.2) is 5.91 Å². The van der Waals surface area contributed by atoms with Crippen LogP contribution in [0.25, 0.3) is 0 Å². The van der Waals surface area contributed by atoms with Gasteiger partial charge >= 0.3 is 0 Å². The van der Waals surface area contributed by atoms with Crippen LogP contribution in [0.2, 0.25) is 0 Å². The maximum atomic E-state index is 12.4. The molecule has 102 valence electrons. The van der Waals surface area contributed by atoms with Gasteiger partial charge in [-0.1, -0.05) is 30.7 Å². The summed E-state index contributed by atoms with van der Waals surface area (Å²) in [6.45, 7) is 4.20. The molecule has 0 aliphatic heterocycles. The minimum absolute atomic E-state index is 0.118. The molecule has 2 heteroatoms. The molecule has 0 aromatic heterocycles. The Morgan fingerprint density at radius 2 is 2.05 bits per heavy atom. The molecule has 4 atom stereocenters. The summed E-state index contributed by atoms with van der Waals surface area (Å²) >= 11 is 0. The number of hydrogen-bond acceptors (Lipinski definition) is 1. The van der Waals surface area contributed by atoms with Crippen LogP contribution in [-0.2, 0) is 4.79 Å². The number of benzene rings is 1. The van der Waals surface area contributed by atoms with Crippen molar-refractivity contribution in [3.63, 3.8) is 0 Å². The third kappa shape index (κ3) is 2.41. The highest BCUT2D eigenvalue weighted by Crippen LogP contribution is 2.48. The smallest absolute Gasteiger partial charge is 0.223 e. The van der Waals surface area contributed by atoms with Gasteiger partial charge in [0.15, 0.2) is 0 Å². The maximum absolute atomic E-state index is 12.4. The van der Waals surface area contributed by atoms with Gasteiger partial charge in [0.05, 0.1) is 6.04 Å². The van der Waals surface area contributed by atoms with Gasteiger partial charge in [0.25, 0.3) is 0 Å². The highest BCUT2D eigenvalue weighted by molar-refractivity contribution is 5.80. The van der Waals surface area contributed by atoms with Crippen molar-refractivity contribution >= 4 is 5.91 Å². The van der Waals surface area contributed by atoms with Crippen molar-refractivity contribution in [2.75, 3.05) is 0 Å². The standard InChI is InChI=1S/C17H23NO/c1-11-5-3-4-6-15(11)12(2)18-17(19)16-10-13-7-8-14(16)9-13/h3-6,12-14,16H,7-10H2,1-2H3,(H,18,19). The quantitative estimate of drug-likeness (QED) is 0.880. The summed E-state index contributed by atoms with van der Waals surface area (Å²) in [6.07, 6.45) is 5.02. The van der Waals surface area contributed by atoms with Crippen molar-refractivity contribution < 1.29 is 4.79 Å². The number of nitrogens with one attached hydrogen (secondary N) is 1. The summed E-state index contributed by atoms with van der Waals surface area (Å²) < 4.78 is 0. The summed E-state index contributed by atoms with van der Waals surface area (Å²) in [6, 6.07) is 8.43. The zero-order chi connectivity index (χ0) is 13.4. The lowest BCUT2D eigenvalue weighted by Crippen LogP contribution is -2.35. The molecule has 1 aromatic carbocycles. The van der Waals surface area contributed by atoms with E-state index in [1.807, 2.05) is 12.1 Å². The molecular weight excluding hydrogens is 234 g/mol. The van der Waals surface area contributed by atoms with Crippen molar-refractivity contribution in [3.8, 4) is 0 Å². The van der Waals surface area contributed by atoms with Crippen LogP contribution in [0.5, 0.6) is 0 Å². The Kier molecular flexibility index (Phi) is 3.34. The number of aryl methyl sites for hydroxylation is 1. The Morgan fingerprint density at radius 3 is 2.68 bits per heavy atom. The second-order valence-electron chi connectivity index (χ2n) is 6.37. The van der Waals surface area contributed by atoms with E-state index in [9.17, 15) is 4.79 Å². The first-order valence-corrected chi connectivity index (χ1v) is 7.51. The lowest BCUT2D eigenvalue weighted by atomic mass is 9.88. The molecule has 0 heterocycles. The predicted molar refractivity (Wildman–Crippen MR) is 76.7 cm³/mol. The zero-order valence-electron chi connectivity index (χ0n) is 11.9. The van der Waals surface area contributed by atoms with Gasteiger partial charge in [-0.25, -0.2) is 0 Å². The highest BCUT2D eigenvalue weighted by Gasteiger charge is 2.43. The van der Waals surface area contributed by atoms with Crippen LogP contribution in [0.1, 0.15) is 49.8 Å². The Morgan fingerprint density at radius 1 is 1.26 bits per heavy atom. The summed E-state index contributed by atoms with van der Waals surface area (Å²) in [5.41, 5.74) is 2.49. The van der Waals surface area contributed by atoms with Crippen molar-refractivity contribution in [1.29, 1.82) is 0 Å². The summed E-state index contributed by atoms with van der Waals surface area (Å²) in [4.78, 5) is 12.4. The number of carbonyl (C=O) groups is 1. The lowest BCUT2D eigenvalue weighted by Gasteiger charge is -2.24. The Balaban J connectivity index is 1.65. The number of fused-ring (bicyclic) bond motifs is 2. The second kappa shape index (κ2) is 4.99. The number of hydrogen-bond donors (Lipinski definition) is 1. The van der Waals surface area contributed by atoms with Crippen LogP contribution >= 0.6 is 0 Å². The predicted octanol–water partition coefficient (Wildman–Crippen LogP) is 3.61. The van der Waals surface area contributed by atoms with Crippen LogP contribution < -0.4 is 5.32 Å². The average molecular weight is 257 g/mol. The molecule has 1 N–H and O–H groups in total. The largest absolute Gasteiger partial charge is 0.349 e. The van der Waals surface area contributed by atoms with Gasteiger partial charge < -0.3 is 5.32 Å². The zero-order valence-corrected chi connectivity index (χ0v) is 11.9. The van der Waals surface area contributed by atoms with E-state index < -0.39 is 0 Å². The molecule has 0 spiro atoms. The SMILES string of the molecule is Cc1ccccc1C(C)NC(=O)C1CC2CCC1C2. The molecule has 2 fully saturated rings. The second-order valence-corrected chi connectivity index (χ2v) is 6.37. The molecule has 2 aliphatic rings. The van der Waals surface area contributed by atoms with Crippen molar-refractivity contribution in [3.05, 3.63) is 35.4 Å². The van der Waals surface area contributed by atoms with Crippen molar-refractivity contribution in [1.82, 2.24) is 5.32 Å². The van der Waals surface area contributed by atoms with E-state index in [-0.39, 0.29) is 17.9 Å². The number of rotatable bonds is 3. The minimum atomic E-state index is 0.118. The van der Waals surface area contributed by atoms with Gasteiger partial charge in [0.1, 0.15) is 0 Å². The molecule has 2 saturated carbocycles. The number of amides is 1. The fourth-order valence-corrected chi connectivity index (χ4v) is 4.04. The first-order valence-electron chi connectivity index (χ1n) is 7.51. The van der Waals surface area contributed by atoms with E-state index in [2.05, 4.69) is 31.3 Å². The fourth-order valence-electron chi connectivity index (χ4n) is 4.04. The summed E-state index contributed by atoms with van der Waals surface area (Å²) in [5.74, 6) is 2.05. The van der Waals surface area contributed by atoms with Crippen LogP contribution in [0.15, 0.2) is 24.3 Å². The van der Waals surface area contributed by atoms with E-state index in [0.29, 0.717) is 5.92 Å². The van der Waals surface area contributed by atoms with Gasteiger partial charge in [-0.05, 0) is 56.1 Å². The minimum Gasteiger partial charge on any atom is -0.349 e. The molecule has 0 saturated heterocycles. The first kappa shape index (κ1) is 12.7. The van der Waals surface area contributed by atoms with Gasteiger partial charge in [0, 0.05) is 5.92 Å². The molecule has 1 amide bonds. The normalized spacial score (nSPS) is 30.3. The molecular formula is C17H23NO. The monoisotopic (exact) mass is 257 g/mol. The van der Waals surface area contributed by atoms with Crippen LogP contribution in [0, 0.1) is 24.7 Å². The maximum Gasteiger partial charge on any atom is 0.223 e. The molecule has 1 aromatic rings. The van der Waals surface area contributed by atoms with Crippen LogP contribution in [0.4, 0.5) is 0 Å². The number of carbonyl (C=O) groups excluding carboxylic acids is 1. The van der Waals surface area contributed by atoms with Crippen LogP contribution in [0.3, 0.4) is 0 Å². The molecule has 3 rings (SSSR count). The molecule has 2 aliphatic carbocycles. The summed E-state index contributed by atoms with van der Waals surface area (Å²) in [5, 5.41) is 3.22. The molecule has 0 radical (unpaired) electrons. The molecule has 2 nitrogen and oxygen atoms in total. The van der Waals surface area contributed by atoms with E-state index in [1.165, 1.54) is 30.4 Å². The first-order chi connectivity index (χ1) is 9.15. The highest BCUT2D eigenvalue weighted by atomic mass is 16.2. The van der Waals surface area contributed by atoms with E-state index in [0.717, 1.165) is 12.3 Å². The molecule has 19 heavy (non-hydrogen) atoms. The van der Waals surface area contributed by atoms with E-state index in [4.69, 9.17) is 0 Å². The third-order valence-corrected chi connectivity index (χ3v) is 5.09. The lowest BCUT2D eigenvalue weighted by molar-refractivity contribution is -0.127. The van der Waals surface area contributed by atoms with Crippen molar-refractivity contribution in [2.24, 2.45) is 17.8 Å². The third-order valence-electron chi connectivity index (χ3n) is 5.09. The molecule has 4 unspecified atom stereocenters. The van der Waals surface area contributed by atoms with Gasteiger partial charge in [-0.15, -0.1) is 0 Å². The Hall–Kier alpha value is -1.31. The Labute approximate surface area is 115 Å². The molecule has 2 bridgehead atoms. The van der Waals surface area contributed by atoms with Gasteiger partial charge in [-0.2, -0.15) is 0 Å². The Bertz CT molecular complexity index is 482. The fraction of sp³-hybridized carbons (Fsp3) is 0.588. The van der Waals surface area contributed by atoms with E-state index >= 15 is 0 Å².